The molecule has 1 heterocycles. The third-order valence-corrected chi connectivity index (χ3v) is 5.29. The molecule has 1 atom stereocenters. The Kier molecular flexibility index (Phi) is 7.48. The molecule has 0 bridgehead atoms. The molecule has 1 unspecified atom stereocenters. The highest BCUT2D eigenvalue weighted by molar-refractivity contribution is 5.94. The Morgan fingerprint density at radius 3 is 2.59 bits per heavy atom. The summed E-state index contributed by atoms with van der Waals surface area (Å²) in [6, 6.07) is 11.2. The summed E-state index contributed by atoms with van der Waals surface area (Å²) in [5.41, 5.74) is 2.87. The van der Waals surface area contributed by atoms with Crippen LogP contribution in [0.3, 0.4) is 0 Å². The van der Waals surface area contributed by atoms with Crippen molar-refractivity contribution < 1.29 is 23.2 Å². The van der Waals surface area contributed by atoms with Gasteiger partial charge in [-0.15, -0.1) is 0 Å². The van der Waals surface area contributed by atoms with Crippen LogP contribution in [0.15, 0.2) is 47.0 Å². The van der Waals surface area contributed by atoms with Crippen molar-refractivity contribution >= 4 is 5.91 Å². The van der Waals surface area contributed by atoms with Crippen LogP contribution in [-0.2, 0) is 6.61 Å². The highest BCUT2D eigenvalue weighted by atomic mass is 19.1. The first-order chi connectivity index (χ1) is 15.3. The standard InChI is InChI=1S/C24H28FN3O4/c1-15-20(16(2)32-27-15)14-31-22-10-9-18(12-23(22)30-5)24(29)26-13-21(28(3)4)17-7-6-8-19(25)11-17/h6-12,21H,13-14H2,1-5H3,(H,26,29). The van der Waals surface area contributed by atoms with Crippen LogP contribution in [0.2, 0.25) is 0 Å². The van der Waals surface area contributed by atoms with Crippen molar-refractivity contribution in [1.82, 2.24) is 15.4 Å². The lowest BCUT2D eigenvalue weighted by Crippen LogP contribution is -2.34. The van der Waals surface area contributed by atoms with E-state index in [-0.39, 0.29) is 24.4 Å². The molecule has 3 rings (SSSR count). The van der Waals surface area contributed by atoms with Crippen LogP contribution in [0, 0.1) is 19.7 Å². The van der Waals surface area contributed by atoms with Gasteiger partial charge in [0.15, 0.2) is 11.5 Å². The van der Waals surface area contributed by atoms with Crippen molar-refractivity contribution in [1.29, 1.82) is 0 Å². The Morgan fingerprint density at radius 1 is 1.19 bits per heavy atom. The van der Waals surface area contributed by atoms with Gasteiger partial charge >= 0.3 is 0 Å². The number of likely N-dealkylation sites (N-methyl/N-ethyl adjacent to an activating group) is 1. The third kappa shape index (κ3) is 5.45. The lowest BCUT2D eigenvalue weighted by atomic mass is 10.1. The summed E-state index contributed by atoms with van der Waals surface area (Å²) in [5.74, 6) is 1.08. The normalized spacial score (nSPS) is 12.0. The number of ether oxygens (including phenoxy) is 2. The topological polar surface area (TPSA) is 76.8 Å². The molecule has 170 valence electrons. The molecule has 0 saturated carbocycles. The van der Waals surface area contributed by atoms with Gasteiger partial charge in [-0.05, 0) is 63.8 Å². The molecule has 1 aromatic heterocycles. The van der Waals surface area contributed by atoms with Gasteiger partial charge in [0.1, 0.15) is 18.2 Å². The molecular formula is C24H28FN3O4. The molecule has 0 aliphatic heterocycles. The van der Waals surface area contributed by atoms with Crippen LogP contribution >= 0.6 is 0 Å². The number of rotatable bonds is 9. The molecule has 2 aromatic carbocycles. The average molecular weight is 442 g/mol. The molecule has 32 heavy (non-hydrogen) atoms. The van der Waals surface area contributed by atoms with Gasteiger partial charge in [0, 0.05) is 12.1 Å². The van der Waals surface area contributed by atoms with Gasteiger partial charge in [-0.2, -0.15) is 0 Å². The molecular weight excluding hydrogens is 413 g/mol. The van der Waals surface area contributed by atoms with Crippen LogP contribution in [-0.4, -0.2) is 43.7 Å². The molecule has 0 fully saturated rings. The first-order valence-corrected chi connectivity index (χ1v) is 10.2. The molecule has 3 aromatic rings. The number of hydrogen-bond donors (Lipinski definition) is 1. The molecule has 1 amide bonds. The molecule has 0 aliphatic rings. The van der Waals surface area contributed by atoms with Crippen LogP contribution in [0.4, 0.5) is 4.39 Å². The first-order valence-electron chi connectivity index (χ1n) is 10.2. The lowest BCUT2D eigenvalue weighted by Gasteiger charge is -2.25. The summed E-state index contributed by atoms with van der Waals surface area (Å²) in [7, 11) is 5.29. The van der Waals surface area contributed by atoms with Gasteiger partial charge in [-0.25, -0.2) is 4.39 Å². The van der Waals surface area contributed by atoms with Crippen molar-refractivity contribution in [2.24, 2.45) is 0 Å². The van der Waals surface area contributed by atoms with E-state index in [0.717, 1.165) is 16.8 Å². The number of hydrogen-bond acceptors (Lipinski definition) is 6. The van der Waals surface area contributed by atoms with E-state index in [0.29, 0.717) is 29.4 Å². The largest absolute Gasteiger partial charge is 0.493 e. The van der Waals surface area contributed by atoms with Crippen molar-refractivity contribution in [3.8, 4) is 11.5 Å². The van der Waals surface area contributed by atoms with Crippen LogP contribution in [0.25, 0.3) is 0 Å². The highest BCUT2D eigenvalue weighted by Crippen LogP contribution is 2.29. The summed E-state index contributed by atoms with van der Waals surface area (Å²) in [5, 5.41) is 6.84. The zero-order valence-electron chi connectivity index (χ0n) is 18.9. The summed E-state index contributed by atoms with van der Waals surface area (Å²) in [6.45, 7) is 4.28. The molecule has 8 heteroatoms. The molecule has 0 aliphatic carbocycles. The predicted molar refractivity (Wildman–Crippen MR) is 118 cm³/mol. The van der Waals surface area contributed by atoms with E-state index in [4.69, 9.17) is 14.0 Å². The maximum Gasteiger partial charge on any atom is 0.251 e. The fourth-order valence-corrected chi connectivity index (χ4v) is 3.39. The monoisotopic (exact) mass is 441 g/mol. The smallest absolute Gasteiger partial charge is 0.251 e. The van der Waals surface area contributed by atoms with E-state index < -0.39 is 0 Å². The minimum atomic E-state index is -0.308. The Bertz CT molecular complexity index is 1060. The zero-order valence-corrected chi connectivity index (χ0v) is 18.9. The molecule has 0 radical (unpaired) electrons. The maximum atomic E-state index is 13.6. The second kappa shape index (κ2) is 10.3. The van der Waals surface area contributed by atoms with Crippen LogP contribution < -0.4 is 14.8 Å². The maximum absolute atomic E-state index is 13.6. The van der Waals surface area contributed by atoms with Crippen LogP contribution in [0.1, 0.15) is 39.0 Å². The van der Waals surface area contributed by atoms with E-state index in [1.54, 1.807) is 24.3 Å². The van der Waals surface area contributed by atoms with Gasteiger partial charge in [-0.3, -0.25) is 4.79 Å². The number of aromatic nitrogens is 1. The van der Waals surface area contributed by atoms with Gasteiger partial charge in [0.2, 0.25) is 0 Å². The van der Waals surface area contributed by atoms with Crippen molar-refractivity contribution in [3.63, 3.8) is 0 Å². The summed E-state index contributed by atoms with van der Waals surface area (Å²) < 4.78 is 30.1. The highest BCUT2D eigenvalue weighted by Gasteiger charge is 2.18. The van der Waals surface area contributed by atoms with E-state index in [1.807, 2.05) is 38.9 Å². The van der Waals surface area contributed by atoms with Gasteiger partial charge < -0.3 is 24.2 Å². The quantitative estimate of drug-likeness (QED) is 0.540. The van der Waals surface area contributed by atoms with Gasteiger partial charge in [-0.1, -0.05) is 17.3 Å². The van der Waals surface area contributed by atoms with E-state index in [1.165, 1.54) is 19.2 Å². The van der Waals surface area contributed by atoms with Gasteiger partial charge in [0.05, 0.1) is 24.4 Å². The number of nitrogens with zero attached hydrogens (tertiary/aromatic N) is 2. The number of amides is 1. The third-order valence-electron chi connectivity index (χ3n) is 5.29. The SMILES string of the molecule is COc1cc(C(=O)NCC(c2cccc(F)c2)N(C)C)ccc1OCc1c(C)noc1C. The number of benzene rings is 2. The lowest BCUT2D eigenvalue weighted by molar-refractivity contribution is 0.0941. The Labute approximate surface area is 187 Å². The van der Waals surface area contributed by atoms with Crippen molar-refractivity contribution in [3.05, 3.63) is 76.4 Å². The fourth-order valence-electron chi connectivity index (χ4n) is 3.39. The van der Waals surface area contributed by atoms with Crippen molar-refractivity contribution in [2.75, 3.05) is 27.7 Å². The number of nitrogens with one attached hydrogen (secondary N) is 1. The minimum Gasteiger partial charge on any atom is -0.493 e. The van der Waals surface area contributed by atoms with E-state index >= 15 is 0 Å². The van der Waals surface area contributed by atoms with E-state index in [2.05, 4.69) is 10.5 Å². The minimum absolute atomic E-state index is 0.172. The Hall–Kier alpha value is -3.39. The van der Waals surface area contributed by atoms with Gasteiger partial charge in [0.25, 0.3) is 5.91 Å². The van der Waals surface area contributed by atoms with E-state index in [9.17, 15) is 9.18 Å². The average Bonchev–Trinajstić information content (AvgIpc) is 3.09. The van der Waals surface area contributed by atoms with Crippen molar-refractivity contribution in [2.45, 2.75) is 26.5 Å². The number of carbonyl (C=O) groups is 1. The first kappa shape index (κ1) is 23.3. The number of halogens is 1. The second-order valence-corrected chi connectivity index (χ2v) is 7.70. The number of carbonyl (C=O) groups excluding carboxylic acids is 1. The molecule has 0 spiro atoms. The second-order valence-electron chi connectivity index (χ2n) is 7.70. The summed E-state index contributed by atoms with van der Waals surface area (Å²) in [6.07, 6.45) is 0. The fraction of sp³-hybridized carbons (Fsp3) is 0.333. The summed E-state index contributed by atoms with van der Waals surface area (Å²) >= 11 is 0. The number of aryl methyl sites for hydroxylation is 2. The predicted octanol–water partition coefficient (Wildman–Crippen LogP) is 4.05. The Balaban J connectivity index is 1.68. The molecule has 1 N–H and O–H groups in total. The molecule has 0 saturated heterocycles. The number of methoxy groups -OCH3 is 1. The Morgan fingerprint density at radius 2 is 1.97 bits per heavy atom. The summed E-state index contributed by atoms with van der Waals surface area (Å²) in [4.78, 5) is 14.7. The zero-order chi connectivity index (χ0) is 23.3. The molecule has 7 nitrogen and oxygen atoms in total. The van der Waals surface area contributed by atoms with Crippen LogP contribution in [0.5, 0.6) is 11.5 Å².